The Morgan fingerprint density at radius 3 is 2.00 bits per heavy atom. The first kappa shape index (κ1) is 26.9. The van der Waals surface area contributed by atoms with Crippen molar-refractivity contribution in [1.29, 1.82) is 0 Å². The van der Waals surface area contributed by atoms with Crippen molar-refractivity contribution in [2.24, 2.45) is 10.2 Å². The molecule has 1 aromatic heterocycles. The summed E-state index contributed by atoms with van der Waals surface area (Å²) in [5, 5.41) is 7.18. The van der Waals surface area contributed by atoms with Gasteiger partial charge < -0.3 is 10.5 Å². The van der Waals surface area contributed by atoms with Crippen molar-refractivity contribution in [2.45, 2.75) is 26.4 Å². The molecule has 0 saturated heterocycles. The Bertz CT molecular complexity index is 1280. The number of rotatable bonds is 5. The number of azide groups is 2. The van der Waals surface area contributed by atoms with Crippen LogP contribution in [0.25, 0.3) is 32.1 Å². The van der Waals surface area contributed by atoms with Gasteiger partial charge in [0.15, 0.2) is 5.78 Å². The summed E-state index contributed by atoms with van der Waals surface area (Å²) in [5.41, 5.74) is 24.4. The lowest BCUT2D eigenvalue weighted by Gasteiger charge is -2.20. The van der Waals surface area contributed by atoms with Gasteiger partial charge in [-0.3, -0.25) is 4.79 Å². The summed E-state index contributed by atoms with van der Waals surface area (Å²) in [7, 11) is 0. The molecule has 0 spiro atoms. The van der Waals surface area contributed by atoms with E-state index in [1.807, 2.05) is 0 Å². The van der Waals surface area contributed by atoms with Crippen molar-refractivity contribution in [3.05, 3.63) is 81.2 Å². The van der Waals surface area contributed by atoms with Gasteiger partial charge in [0.1, 0.15) is 5.60 Å². The Morgan fingerprint density at radius 1 is 1.03 bits per heavy atom. The number of alkyl halides is 1. The van der Waals surface area contributed by atoms with Crippen LogP contribution in [0.3, 0.4) is 0 Å². The fourth-order valence-electron chi connectivity index (χ4n) is 2.66. The van der Waals surface area contributed by atoms with Crippen LogP contribution in [0.2, 0.25) is 0 Å². The van der Waals surface area contributed by atoms with Crippen molar-refractivity contribution >= 4 is 45.1 Å². The predicted octanol–water partition coefficient (Wildman–Crippen LogP) is 7.06. The molecule has 0 saturated carbocycles. The molecule has 2 N–H and O–H groups in total. The SMILES string of the molecule is CC(C)(C)OC(=O)n1c(-c2ccc(N=[N+]=[N-])cc2)cnc1N.[N-]=[N+]=Nc1ccc(C(=O)CBr)cc1. The number of Topliss-reactive ketones (excluding diaryl/α,β-unsaturated/α-hetero) is 1. The Balaban J connectivity index is 0.000000283. The number of hydrogen-bond acceptors (Lipinski definition) is 7. The van der Waals surface area contributed by atoms with Crippen molar-refractivity contribution in [3.63, 3.8) is 0 Å². The molecule has 3 rings (SSSR count). The van der Waals surface area contributed by atoms with E-state index in [1.165, 1.54) is 10.8 Å². The van der Waals surface area contributed by atoms with Gasteiger partial charge in [0.05, 0.1) is 17.2 Å². The fourth-order valence-corrected chi connectivity index (χ4v) is 2.99. The maximum absolute atomic E-state index is 12.3. The molecular weight excluding hydrogens is 518 g/mol. The average Bonchev–Trinajstić information content (AvgIpc) is 3.21. The number of imidazole rings is 1. The summed E-state index contributed by atoms with van der Waals surface area (Å²) in [6, 6.07) is 13.2. The van der Waals surface area contributed by atoms with Crippen molar-refractivity contribution < 1.29 is 14.3 Å². The predicted molar refractivity (Wildman–Crippen MR) is 136 cm³/mol. The molecule has 0 aliphatic rings. The van der Waals surface area contributed by atoms with Crippen LogP contribution in [0.1, 0.15) is 31.1 Å². The number of nitrogens with two attached hydrogens (primary N) is 1. The molecule has 1 heterocycles. The quantitative estimate of drug-likeness (QED) is 0.119. The molecule has 3 aromatic rings. The minimum atomic E-state index is -0.642. The summed E-state index contributed by atoms with van der Waals surface area (Å²) in [6.45, 7) is 5.31. The topological polar surface area (TPSA) is 185 Å². The molecule has 0 radical (unpaired) electrons. The molecule has 0 unspecified atom stereocenters. The first-order chi connectivity index (χ1) is 16.6. The molecule has 0 amide bonds. The highest BCUT2D eigenvalue weighted by molar-refractivity contribution is 9.09. The zero-order valence-corrected chi connectivity index (χ0v) is 20.7. The lowest BCUT2D eigenvalue weighted by Crippen LogP contribution is -2.28. The van der Waals surface area contributed by atoms with Crippen LogP contribution in [0.5, 0.6) is 0 Å². The van der Waals surface area contributed by atoms with Crippen LogP contribution in [0.4, 0.5) is 22.1 Å². The Morgan fingerprint density at radius 2 is 1.54 bits per heavy atom. The number of anilines is 1. The average molecular weight is 540 g/mol. The van der Waals surface area contributed by atoms with Crippen LogP contribution in [0.15, 0.2) is 65.0 Å². The van der Waals surface area contributed by atoms with Crippen LogP contribution in [-0.4, -0.2) is 32.4 Å². The molecule has 0 aliphatic heterocycles. The molecule has 0 atom stereocenters. The van der Waals surface area contributed by atoms with E-state index in [0.717, 1.165) is 0 Å². The maximum atomic E-state index is 12.3. The fraction of sp³-hybridized carbons (Fsp3) is 0.227. The summed E-state index contributed by atoms with van der Waals surface area (Å²) in [6.07, 6.45) is 0.888. The Labute approximate surface area is 209 Å². The van der Waals surface area contributed by atoms with E-state index in [0.29, 0.717) is 33.5 Å². The highest BCUT2D eigenvalue weighted by Crippen LogP contribution is 2.25. The van der Waals surface area contributed by atoms with Gasteiger partial charge in [-0.05, 0) is 31.8 Å². The van der Waals surface area contributed by atoms with Crippen molar-refractivity contribution in [2.75, 3.05) is 11.1 Å². The number of ether oxygens (including phenoxy) is 1. The van der Waals surface area contributed by atoms with E-state index in [2.05, 4.69) is 41.0 Å². The van der Waals surface area contributed by atoms with Gasteiger partial charge in [-0.2, -0.15) is 0 Å². The number of carbonyl (C=O) groups excluding carboxylic acids is 2. The summed E-state index contributed by atoms with van der Waals surface area (Å²) < 4.78 is 6.53. The van der Waals surface area contributed by atoms with Gasteiger partial charge in [0.25, 0.3) is 0 Å². The van der Waals surface area contributed by atoms with Crippen LogP contribution < -0.4 is 5.73 Å². The molecular formula is C22H22BrN9O3. The van der Waals surface area contributed by atoms with Crippen molar-refractivity contribution in [3.8, 4) is 11.3 Å². The van der Waals surface area contributed by atoms with E-state index in [-0.39, 0.29) is 11.7 Å². The second kappa shape index (κ2) is 12.2. The Kier molecular flexibility index (Phi) is 9.42. The molecule has 180 valence electrons. The highest BCUT2D eigenvalue weighted by atomic mass is 79.9. The molecule has 0 aliphatic carbocycles. The third-order valence-electron chi connectivity index (χ3n) is 4.16. The number of nitrogen functional groups attached to an aromatic ring is 1. The standard InChI is InChI=1S/C14H16N6O2.C8H6BrN3O/c1-14(2,3)22-13(21)20-11(8-17-12(20)15)9-4-6-10(7-5-9)18-19-16;9-5-8(13)6-1-3-7(4-2-6)11-12-10/h4-8H,1-3H3,(H2,15,17);1-4H,5H2. The highest BCUT2D eigenvalue weighted by Gasteiger charge is 2.22. The zero-order chi connectivity index (χ0) is 26.0. The third kappa shape index (κ3) is 7.90. The lowest BCUT2D eigenvalue weighted by molar-refractivity contribution is 0.0543. The van der Waals surface area contributed by atoms with Gasteiger partial charge >= 0.3 is 6.09 Å². The number of hydrogen-bond donors (Lipinski definition) is 1. The molecule has 13 heteroatoms. The van der Waals surface area contributed by atoms with Gasteiger partial charge in [-0.15, -0.1) is 0 Å². The minimum absolute atomic E-state index is 0.00693. The van der Waals surface area contributed by atoms with Gasteiger partial charge in [0, 0.05) is 32.3 Å². The van der Waals surface area contributed by atoms with E-state index < -0.39 is 11.7 Å². The zero-order valence-electron chi connectivity index (χ0n) is 19.2. The lowest BCUT2D eigenvalue weighted by atomic mass is 10.1. The monoisotopic (exact) mass is 539 g/mol. The van der Waals surface area contributed by atoms with E-state index in [1.54, 1.807) is 69.3 Å². The maximum Gasteiger partial charge on any atom is 0.421 e. The number of nitrogens with zero attached hydrogens (tertiary/aromatic N) is 8. The van der Waals surface area contributed by atoms with Gasteiger partial charge in [-0.25, -0.2) is 14.3 Å². The number of carbonyl (C=O) groups is 2. The summed E-state index contributed by atoms with van der Waals surface area (Å²) >= 11 is 3.07. The van der Waals surface area contributed by atoms with E-state index >= 15 is 0 Å². The minimum Gasteiger partial charge on any atom is -0.443 e. The largest absolute Gasteiger partial charge is 0.443 e. The molecule has 0 fully saturated rings. The summed E-state index contributed by atoms with van der Waals surface area (Å²) in [4.78, 5) is 32.7. The first-order valence-corrected chi connectivity index (χ1v) is 11.2. The van der Waals surface area contributed by atoms with Gasteiger partial charge in [0.2, 0.25) is 5.95 Å². The number of aromatic nitrogens is 2. The van der Waals surface area contributed by atoms with Crippen LogP contribution >= 0.6 is 15.9 Å². The first-order valence-electron chi connectivity index (χ1n) is 10.1. The van der Waals surface area contributed by atoms with E-state index in [4.69, 9.17) is 21.5 Å². The third-order valence-corrected chi connectivity index (χ3v) is 4.67. The van der Waals surface area contributed by atoms with E-state index in [9.17, 15) is 9.59 Å². The smallest absolute Gasteiger partial charge is 0.421 e. The van der Waals surface area contributed by atoms with Crippen LogP contribution in [0, 0.1) is 0 Å². The molecule has 12 nitrogen and oxygen atoms in total. The Hall–Kier alpha value is -4.31. The summed E-state index contributed by atoms with van der Waals surface area (Å²) in [5.74, 6) is 0.0517. The second-order valence-corrected chi connectivity index (χ2v) is 8.41. The van der Waals surface area contributed by atoms with Crippen LogP contribution in [-0.2, 0) is 4.74 Å². The molecule has 35 heavy (non-hydrogen) atoms. The second-order valence-electron chi connectivity index (χ2n) is 7.85. The number of ketones is 1. The number of benzene rings is 2. The number of halogens is 1. The van der Waals surface area contributed by atoms with Gasteiger partial charge in [-0.1, -0.05) is 74.7 Å². The van der Waals surface area contributed by atoms with Crippen molar-refractivity contribution in [1.82, 2.24) is 9.55 Å². The normalized spacial score (nSPS) is 10.2. The molecule has 0 bridgehead atoms. The molecule has 2 aromatic carbocycles.